The maximum Gasteiger partial charge on any atom is 0.343 e. The van der Waals surface area contributed by atoms with Gasteiger partial charge in [0.15, 0.2) is 5.60 Å². The topological polar surface area (TPSA) is 131 Å². The summed E-state index contributed by atoms with van der Waals surface area (Å²) in [6.45, 7) is 3.30. The molecule has 9 nitrogen and oxygen atoms in total. The largest absolute Gasteiger partial charge is 0.458 e. The van der Waals surface area contributed by atoms with Crippen LogP contribution in [0.3, 0.4) is 0 Å². The Bertz CT molecular complexity index is 1710. The van der Waals surface area contributed by atoms with Gasteiger partial charge >= 0.3 is 5.97 Å². The smallest absolute Gasteiger partial charge is 0.343 e. The molecule has 2 aliphatic carbocycles. The summed E-state index contributed by atoms with van der Waals surface area (Å²) < 4.78 is 21.8. The maximum absolute atomic E-state index is 15.0. The quantitative estimate of drug-likeness (QED) is 0.328. The lowest BCUT2D eigenvalue weighted by atomic mass is 9.81. The maximum atomic E-state index is 15.0. The van der Waals surface area contributed by atoms with Gasteiger partial charge in [0, 0.05) is 22.6 Å². The zero-order valence-electron chi connectivity index (χ0n) is 22.3. The number of cyclic esters (lactones) is 1. The van der Waals surface area contributed by atoms with E-state index in [-0.39, 0.29) is 42.1 Å². The second-order valence-corrected chi connectivity index (χ2v) is 11.6. The molecule has 7 rings (SSSR count). The normalized spacial score (nSPS) is 23.3. The second-order valence-electron chi connectivity index (χ2n) is 11.6. The number of aliphatic hydroxyl groups is 2. The predicted molar refractivity (Wildman–Crippen MR) is 142 cm³/mol. The summed E-state index contributed by atoms with van der Waals surface area (Å²) in [4.78, 5) is 44.1. The van der Waals surface area contributed by atoms with Crippen molar-refractivity contribution < 1.29 is 28.9 Å². The van der Waals surface area contributed by atoms with Crippen LogP contribution >= 0.6 is 0 Å². The van der Waals surface area contributed by atoms with Crippen LogP contribution in [0.25, 0.3) is 22.3 Å². The molecule has 2 aliphatic heterocycles. The van der Waals surface area contributed by atoms with Crippen molar-refractivity contribution >= 4 is 22.8 Å². The van der Waals surface area contributed by atoms with Crippen LogP contribution in [0.4, 0.5) is 4.39 Å². The summed E-state index contributed by atoms with van der Waals surface area (Å²) >= 11 is 0. The van der Waals surface area contributed by atoms with Crippen molar-refractivity contribution in [2.24, 2.45) is 5.92 Å². The van der Waals surface area contributed by atoms with Gasteiger partial charge in [0.1, 0.15) is 18.5 Å². The number of amides is 1. The number of fused-ring (bicyclic) bond motifs is 5. The zero-order chi connectivity index (χ0) is 28.1. The summed E-state index contributed by atoms with van der Waals surface area (Å²) in [7, 11) is 0. The van der Waals surface area contributed by atoms with E-state index in [0.29, 0.717) is 47.6 Å². The number of pyridine rings is 2. The van der Waals surface area contributed by atoms with Crippen molar-refractivity contribution in [1.82, 2.24) is 14.9 Å². The molecule has 0 bridgehead atoms. The molecule has 3 atom stereocenters. The van der Waals surface area contributed by atoms with E-state index in [1.807, 2.05) is 0 Å². The molecule has 1 fully saturated rings. The number of carbonyl (C=O) groups excluding carboxylic acids is 2. The zero-order valence-corrected chi connectivity index (χ0v) is 22.3. The van der Waals surface area contributed by atoms with E-state index in [1.54, 1.807) is 24.5 Å². The van der Waals surface area contributed by atoms with Gasteiger partial charge < -0.3 is 24.8 Å². The van der Waals surface area contributed by atoms with E-state index >= 15 is 4.39 Å². The lowest BCUT2D eigenvalue weighted by Crippen LogP contribution is -2.44. The standard InChI is InChI=1S/C30H30FN3O6/c1-3-30(39)18-9-22-26-16(11-34(22)28(37)17(18)12-40-29(30)38)25-20(33-27(36)23(35)8-14-4-5-14)7-6-15-13(2)19(31)10-21(32-26)24(15)25/h9-10,14,20,23,35,39H,3-8,11-12H2,1-2H3,(H,33,36)/t20-,23-,30+/m1/s1. The van der Waals surface area contributed by atoms with E-state index in [1.165, 1.54) is 6.07 Å². The van der Waals surface area contributed by atoms with Gasteiger partial charge in [-0.25, -0.2) is 14.2 Å². The Hall–Kier alpha value is -3.63. The lowest BCUT2D eigenvalue weighted by molar-refractivity contribution is -0.172. The summed E-state index contributed by atoms with van der Waals surface area (Å²) in [6, 6.07) is 2.54. The van der Waals surface area contributed by atoms with Crippen LogP contribution in [0.2, 0.25) is 0 Å². The Labute approximate surface area is 229 Å². The molecule has 1 aromatic carbocycles. The molecule has 208 valence electrons. The molecular formula is C30H30FN3O6. The van der Waals surface area contributed by atoms with Crippen LogP contribution in [0.1, 0.15) is 78.5 Å². The first-order valence-corrected chi connectivity index (χ1v) is 13.9. The highest BCUT2D eigenvalue weighted by atomic mass is 19.1. The van der Waals surface area contributed by atoms with Crippen molar-refractivity contribution in [3.8, 4) is 11.4 Å². The van der Waals surface area contributed by atoms with Crippen LogP contribution in [0, 0.1) is 18.7 Å². The van der Waals surface area contributed by atoms with Crippen molar-refractivity contribution in [3.63, 3.8) is 0 Å². The Morgan fingerprint density at radius 1 is 1.25 bits per heavy atom. The highest BCUT2D eigenvalue weighted by Crippen LogP contribution is 2.46. The van der Waals surface area contributed by atoms with Crippen LogP contribution in [-0.4, -0.2) is 37.7 Å². The van der Waals surface area contributed by atoms with Crippen molar-refractivity contribution in [2.45, 2.75) is 83.3 Å². The van der Waals surface area contributed by atoms with Gasteiger partial charge in [-0.15, -0.1) is 0 Å². The number of halogens is 1. The van der Waals surface area contributed by atoms with Crippen LogP contribution in [0.15, 0.2) is 16.9 Å². The lowest BCUT2D eigenvalue weighted by Gasteiger charge is -2.31. The van der Waals surface area contributed by atoms with Gasteiger partial charge in [-0.1, -0.05) is 19.8 Å². The molecule has 4 aliphatic rings. The predicted octanol–water partition coefficient (Wildman–Crippen LogP) is 2.79. The fourth-order valence-corrected chi connectivity index (χ4v) is 6.74. The van der Waals surface area contributed by atoms with Gasteiger partial charge in [0.05, 0.1) is 35.1 Å². The van der Waals surface area contributed by atoms with E-state index < -0.39 is 29.6 Å². The molecule has 40 heavy (non-hydrogen) atoms. The minimum atomic E-state index is -1.96. The first-order chi connectivity index (χ1) is 19.1. The molecule has 0 unspecified atom stereocenters. The summed E-state index contributed by atoms with van der Waals surface area (Å²) in [6.07, 6.45) is 2.42. The molecule has 1 amide bonds. The fourth-order valence-electron chi connectivity index (χ4n) is 6.74. The number of hydrogen-bond acceptors (Lipinski definition) is 7. The number of benzene rings is 1. The number of nitrogens with zero attached hydrogens (tertiary/aromatic N) is 2. The SMILES string of the molecule is CC[C@@]1(O)C(=O)OCc2c1cc1n(c2=O)Cc2c-1nc1cc(F)c(C)c3c1c2[C@H](NC(=O)[C@H](O)CC1CC1)CC3. The highest BCUT2D eigenvalue weighted by Gasteiger charge is 2.46. The minimum absolute atomic E-state index is 0.0239. The van der Waals surface area contributed by atoms with E-state index in [0.717, 1.165) is 34.9 Å². The summed E-state index contributed by atoms with van der Waals surface area (Å²) in [5.74, 6) is -1.25. The molecule has 3 N–H and O–H groups in total. The molecule has 0 spiro atoms. The number of rotatable bonds is 5. The molecule has 4 heterocycles. The van der Waals surface area contributed by atoms with Gasteiger partial charge in [0.2, 0.25) is 5.91 Å². The van der Waals surface area contributed by atoms with Crippen LogP contribution < -0.4 is 10.9 Å². The van der Waals surface area contributed by atoms with E-state index in [2.05, 4.69) is 5.32 Å². The summed E-state index contributed by atoms with van der Waals surface area (Å²) in [5.41, 5.74) is 2.22. The monoisotopic (exact) mass is 547 g/mol. The van der Waals surface area contributed by atoms with Gasteiger partial charge in [0.25, 0.3) is 5.56 Å². The van der Waals surface area contributed by atoms with E-state index in [4.69, 9.17) is 9.72 Å². The van der Waals surface area contributed by atoms with Crippen molar-refractivity contribution in [1.29, 1.82) is 0 Å². The second kappa shape index (κ2) is 8.68. The third-order valence-electron chi connectivity index (χ3n) is 9.25. The third-order valence-corrected chi connectivity index (χ3v) is 9.25. The fraction of sp³-hybridized carbons (Fsp3) is 0.467. The molecule has 0 radical (unpaired) electrons. The number of hydrogen-bond donors (Lipinski definition) is 3. The Morgan fingerprint density at radius 2 is 2.02 bits per heavy atom. The first kappa shape index (κ1) is 25.3. The number of ether oxygens (including phenoxy) is 1. The van der Waals surface area contributed by atoms with Gasteiger partial charge in [-0.3, -0.25) is 9.59 Å². The van der Waals surface area contributed by atoms with Crippen molar-refractivity contribution in [2.75, 3.05) is 0 Å². The molecule has 0 saturated heterocycles. The van der Waals surface area contributed by atoms with Crippen LogP contribution in [-0.2, 0) is 39.5 Å². The number of aryl methyl sites for hydroxylation is 1. The third kappa shape index (κ3) is 3.51. The number of nitrogens with one attached hydrogen (secondary N) is 1. The Kier molecular flexibility index (Phi) is 5.50. The minimum Gasteiger partial charge on any atom is -0.458 e. The van der Waals surface area contributed by atoms with Crippen molar-refractivity contribution in [3.05, 3.63) is 61.7 Å². The van der Waals surface area contributed by atoms with Gasteiger partial charge in [-0.2, -0.15) is 0 Å². The summed E-state index contributed by atoms with van der Waals surface area (Å²) in [5, 5.41) is 25.5. The van der Waals surface area contributed by atoms with E-state index in [9.17, 15) is 24.6 Å². The molecule has 2 aromatic heterocycles. The average Bonchev–Trinajstić information content (AvgIpc) is 3.68. The average molecular weight is 548 g/mol. The number of carbonyl (C=O) groups is 2. The van der Waals surface area contributed by atoms with Crippen LogP contribution in [0.5, 0.6) is 0 Å². The van der Waals surface area contributed by atoms with Gasteiger partial charge in [-0.05, 0) is 61.3 Å². The number of aliphatic hydroxyl groups excluding tert-OH is 1. The Balaban J connectivity index is 1.42. The molecule has 1 saturated carbocycles. The molecular weight excluding hydrogens is 517 g/mol. The Morgan fingerprint density at radius 3 is 2.75 bits per heavy atom. The first-order valence-electron chi connectivity index (χ1n) is 13.9. The number of aromatic nitrogens is 2. The highest BCUT2D eigenvalue weighted by molar-refractivity contribution is 5.94. The number of esters is 1. The molecule has 3 aromatic rings. The molecule has 10 heteroatoms.